The Hall–Kier alpha value is -3.66. The number of hydrogen-bond acceptors (Lipinski definition) is 6. The average Bonchev–Trinajstić information content (AvgIpc) is 3.15. The van der Waals surface area contributed by atoms with E-state index in [0.29, 0.717) is 16.7 Å². The van der Waals surface area contributed by atoms with Gasteiger partial charge >= 0.3 is 5.97 Å². The lowest BCUT2D eigenvalue weighted by Crippen LogP contribution is -2.50. The summed E-state index contributed by atoms with van der Waals surface area (Å²) in [4.78, 5) is 24.5. The lowest BCUT2D eigenvalue weighted by atomic mass is 9.90. The van der Waals surface area contributed by atoms with Gasteiger partial charge in [-0.15, -0.1) is 0 Å². The highest BCUT2D eigenvalue weighted by atomic mass is 16.5. The Morgan fingerprint density at radius 1 is 1.24 bits per heavy atom. The molecule has 148 valence electrons. The van der Waals surface area contributed by atoms with Crippen LogP contribution in [0.25, 0.3) is 22.2 Å². The zero-order valence-electron chi connectivity index (χ0n) is 16.4. The van der Waals surface area contributed by atoms with Crippen LogP contribution in [0.1, 0.15) is 31.1 Å². The van der Waals surface area contributed by atoms with Gasteiger partial charge in [0.25, 0.3) is 5.91 Å². The molecule has 1 N–H and O–H groups in total. The SMILES string of the molecule is CC(C)C(C)(C#N)NC(=O)COC(=O)c1ccc2noc(-c3ccccc3)c2c1. The number of nitriles is 1. The first-order valence-electron chi connectivity index (χ1n) is 9.18. The number of rotatable bonds is 6. The molecule has 1 atom stereocenters. The second kappa shape index (κ2) is 8.15. The van der Waals surface area contributed by atoms with Crippen molar-refractivity contribution < 1.29 is 18.8 Å². The van der Waals surface area contributed by atoms with Gasteiger partial charge in [0, 0.05) is 5.56 Å². The van der Waals surface area contributed by atoms with E-state index in [1.54, 1.807) is 25.1 Å². The van der Waals surface area contributed by atoms with E-state index in [9.17, 15) is 14.9 Å². The minimum absolute atomic E-state index is 0.0976. The number of esters is 1. The van der Waals surface area contributed by atoms with E-state index in [1.807, 2.05) is 44.2 Å². The maximum atomic E-state index is 12.4. The van der Waals surface area contributed by atoms with Crippen molar-refractivity contribution in [2.75, 3.05) is 6.61 Å². The predicted molar refractivity (Wildman–Crippen MR) is 107 cm³/mol. The van der Waals surface area contributed by atoms with Crippen molar-refractivity contribution in [1.82, 2.24) is 10.5 Å². The van der Waals surface area contributed by atoms with E-state index in [4.69, 9.17) is 9.26 Å². The number of ether oxygens (including phenoxy) is 1. The van der Waals surface area contributed by atoms with Crippen LogP contribution in [0.15, 0.2) is 53.1 Å². The van der Waals surface area contributed by atoms with Crippen LogP contribution in [-0.4, -0.2) is 29.2 Å². The molecule has 1 amide bonds. The van der Waals surface area contributed by atoms with Crippen molar-refractivity contribution in [3.05, 3.63) is 54.1 Å². The van der Waals surface area contributed by atoms with E-state index < -0.39 is 24.0 Å². The fourth-order valence-corrected chi connectivity index (χ4v) is 2.71. The van der Waals surface area contributed by atoms with Crippen molar-refractivity contribution in [2.45, 2.75) is 26.3 Å². The molecule has 0 bridgehead atoms. The van der Waals surface area contributed by atoms with Crippen molar-refractivity contribution >= 4 is 22.8 Å². The predicted octanol–water partition coefficient (Wildman–Crippen LogP) is 3.71. The van der Waals surface area contributed by atoms with Gasteiger partial charge in [0.2, 0.25) is 0 Å². The average molecular weight is 391 g/mol. The van der Waals surface area contributed by atoms with Gasteiger partial charge in [-0.1, -0.05) is 49.3 Å². The van der Waals surface area contributed by atoms with Crippen LogP contribution in [0.2, 0.25) is 0 Å². The Labute approximate surface area is 168 Å². The molecule has 0 spiro atoms. The molecule has 0 saturated heterocycles. The molecular weight excluding hydrogens is 370 g/mol. The Balaban J connectivity index is 1.73. The van der Waals surface area contributed by atoms with E-state index in [-0.39, 0.29) is 11.5 Å². The van der Waals surface area contributed by atoms with E-state index >= 15 is 0 Å². The number of hydrogen-bond donors (Lipinski definition) is 1. The number of amides is 1. The summed E-state index contributed by atoms with van der Waals surface area (Å²) >= 11 is 0. The Morgan fingerprint density at radius 2 is 1.97 bits per heavy atom. The van der Waals surface area contributed by atoms with E-state index in [0.717, 1.165) is 5.56 Å². The van der Waals surface area contributed by atoms with Gasteiger partial charge in [-0.2, -0.15) is 5.26 Å². The summed E-state index contributed by atoms with van der Waals surface area (Å²) in [5.41, 5.74) is 0.692. The molecular formula is C22H21N3O4. The first kappa shape index (κ1) is 20.1. The number of nitrogens with zero attached hydrogens (tertiary/aromatic N) is 2. The molecule has 7 nitrogen and oxygen atoms in total. The second-order valence-corrected chi connectivity index (χ2v) is 7.20. The zero-order valence-corrected chi connectivity index (χ0v) is 16.4. The van der Waals surface area contributed by atoms with Crippen LogP contribution in [0.5, 0.6) is 0 Å². The van der Waals surface area contributed by atoms with Gasteiger partial charge in [0.15, 0.2) is 12.4 Å². The number of carbonyl (C=O) groups is 2. The van der Waals surface area contributed by atoms with Crippen molar-refractivity contribution in [2.24, 2.45) is 5.92 Å². The summed E-state index contributed by atoms with van der Waals surface area (Å²) in [7, 11) is 0. The first-order valence-corrected chi connectivity index (χ1v) is 9.18. The van der Waals surface area contributed by atoms with Crippen LogP contribution < -0.4 is 5.32 Å². The molecule has 0 radical (unpaired) electrons. The molecule has 7 heteroatoms. The topological polar surface area (TPSA) is 105 Å². The van der Waals surface area contributed by atoms with Crippen LogP contribution in [0.4, 0.5) is 0 Å². The maximum Gasteiger partial charge on any atom is 0.338 e. The fraction of sp³-hybridized carbons (Fsp3) is 0.273. The summed E-state index contributed by atoms with van der Waals surface area (Å²) in [5.74, 6) is -0.730. The monoisotopic (exact) mass is 391 g/mol. The minimum atomic E-state index is -1.03. The van der Waals surface area contributed by atoms with Crippen LogP contribution in [0.3, 0.4) is 0 Å². The third-order valence-corrected chi connectivity index (χ3v) is 4.87. The van der Waals surface area contributed by atoms with Crippen LogP contribution >= 0.6 is 0 Å². The third kappa shape index (κ3) is 4.27. The molecule has 3 aromatic rings. The largest absolute Gasteiger partial charge is 0.452 e. The molecule has 0 fully saturated rings. The van der Waals surface area contributed by atoms with Crippen molar-refractivity contribution in [3.63, 3.8) is 0 Å². The van der Waals surface area contributed by atoms with Gasteiger partial charge < -0.3 is 14.6 Å². The molecule has 0 aliphatic heterocycles. The molecule has 3 rings (SSSR count). The lowest BCUT2D eigenvalue weighted by molar-refractivity contribution is -0.125. The zero-order chi connectivity index (χ0) is 21.0. The van der Waals surface area contributed by atoms with Gasteiger partial charge in [0.1, 0.15) is 11.1 Å². The first-order chi connectivity index (χ1) is 13.8. The molecule has 2 aromatic carbocycles. The molecule has 29 heavy (non-hydrogen) atoms. The van der Waals surface area contributed by atoms with Gasteiger partial charge in [0.05, 0.1) is 17.0 Å². The van der Waals surface area contributed by atoms with Crippen molar-refractivity contribution in [3.8, 4) is 17.4 Å². The minimum Gasteiger partial charge on any atom is -0.452 e. The smallest absolute Gasteiger partial charge is 0.338 e. The quantitative estimate of drug-likeness (QED) is 0.642. The van der Waals surface area contributed by atoms with Gasteiger partial charge in [-0.05, 0) is 31.0 Å². The van der Waals surface area contributed by atoms with Crippen LogP contribution in [0, 0.1) is 17.2 Å². The highest BCUT2D eigenvalue weighted by Crippen LogP contribution is 2.29. The van der Waals surface area contributed by atoms with Crippen molar-refractivity contribution in [1.29, 1.82) is 5.26 Å². The number of fused-ring (bicyclic) bond motifs is 1. The summed E-state index contributed by atoms with van der Waals surface area (Å²) in [6, 6.07) is 16.4. The number of benzene rings is 2. The molecule has 1 aromatic heterocycles. The molecule has 0 aliphatic carbocycles. The van der Waals surface area contributed by atoms with E-state index in [1.165, 1.54) is 0 Å². The second-order valence-electron chi connectivity index (χ2n) is 7.20. The third-order valence-electron chi connectivity index (χ3n) is 4.87. The maximum absolute atomic E-state index is 12.4. The summed E-state index contributed by atoms with van der Waals surface area (Å²) in [6.07, 6.45) is 0. The standard InChI is InChI=1S/C22H21N3O4/c1-14(2)22(3,13-23)24-19(26)12-28-21(27)16-9-10-18-17(11-16)20(29-25-18)15-7-5-4-6-8-15/h4-11,14H,12H2,1-3H3,(H,24,26). The number of carbonyl (C=O) groups excluding carboxylic acids is 2. The fourth-order valence-electron chi connectivity index (χ4n) is 2.71. The Morgan fingerprint density at radius 3 is 2.62 bits per heavy atom. The summed E-state index contributed by atoms with van der Waals surface area (Å²) in [6.45, 7) is 4.81. The summed E-state index contributed by atoms with van der Waals surface area (Å²) in [5, 5.41) is 16.6. The lowest BCUT2D eigenvalue weighted by Gasteiger charge is -2.27. The highest BCUT2D eigenvalue weighted by Gasteiger charge is 2.30. The molecule has 0 saturated carbocycles. The normalized spacial score (nSPS) is 12.9. The Kier molecular flexibility index (Phi) is 5.64. The van der Waals surface area contributed by atoms with Gasteiger partial charge in [-0.3, -0.25) is 4.79 Å². The summed E-state index contributed by atoms with van der Waals surface area (Å²) < 4.78 is 10.5. The molecule has 1 heterocycles. The van der Waals surface area contributed by atoms with E-state index in [2.05, 4.69) is 16.5 Å². The Bertz CT molecular complexity index is 1080. The highest BCUT2D eigenvalue weighted by molar-refractivity contribution is 5.99. The number of aromatic nitrogens is 1. The van der Waals surface area contributed by atoms with Gasteiger partial charge in [-0.25, -0.2) is 4.79 Å². The molecule has 0 aliphatic rings. The van der Waals surface area contributed by atoms with Crippen LogP contribution in [-0.2, 0) is 9.53 Å². The molecule has 1 unspecified atom stereocenters. The number of nitrogens with one attached hydrogen (secondary N) is 1.